The van der Waals surface area contributed by atoms with Gasteiger partial charge in [0.1, 0.15) is 5.75 Å². The Morgan fingerprint density at radius 1 is 0.931 bits per heavy atom. The third-order valence-corrected chi connectivity index (χ3v) is 5.49. The van der Waals surface area contributed by atoms with Crippen LogP contribution in [-0.2, 0) is 11.2 Å². The van der Waals surface area contributed by atoms with Crippen molar-refractivity contribution >= 4 is 5.91 Å². The molecule has 2 N–H and O–H groups in total. The first-order valence-corrected chi connectivity index (χ1v) is 10.1. The van der Waals surface area contributed by atoms with Crippen molar-refractivity contribution in [2.45, 2.75) is 45.6 Å². The van der Waals surface area contributed by atoms with Gasteiger partial charge in [0.25, 0.3) is 0 Å². The van der Waals surface area contributed by atoms with Crippen molar-refractivity contribution in [3.8, 4) is 5.75 Å². The summed E-state index contributed by atoms with van der Waals surface area (Å²) in [5, 5.41) is 13.9. The Hall–Kier alpha value is -3.07. The maximum absolute atomic E-state index is 12.9. The molecule has 0 unspecified atom stereocenters. The van der Waals surface area contributed by atoms with Gasteiger partial charge in [-0.2, -0.15) is 0 Å². The zero-order chi connectivity index (χ0) is 20.8. The molecule has 3 nitrogen and oxygen atoms in total. The predicted octanol–water partition coefficient (Wildman–Crippen LogP) is 5.28. The van der Waals surface area contributed by atoms with Crippen LogP contribution >= 0.6 is 0 Å². The van der Waals surface area contributed by atoms with Crippen LogP contribution in [0.1, 0.15) is 47.1 Å². The minimum atomic E-state index is -0.195. The largest absolute Gasteiger partial charge is 0.507 e. The summed E-state index contributed by atoms with van der Waals surface area (Å²) in [4.78, 5) is 12.9. The van der Waals surface area contributed by atoms with Crippen molar-refractivity contribution in [3.63, 3.8) is 0 Å². The summed E-state index contributed by atoms with van der Waals surface area (Å²) in [5.74, 6) is 0.0725. The fourth-order valence-electron chi connectivity index (χ4n) is 3.73. The third kappa shape index (κ3) is 5.26. The topological polar surface area (TPSA) is 49.3 Å². The van der Waals surface area contributed by atoms with Gasteiger partial charge in [-0.15, -0.1) is 0 Å². The number of benzene rings is 3. The van der Waals surface area contributed by atoms with Gasteiger partial charge < -0.3 is 10.4 Å². The van der Waals surface area contributed by atoms with Crippen LogP contribution in [0.3, 0.4) is 0 Å². The summed E-state index contributed by atoms with van der Waals surface area (Å²) >= 11 is 0. The Morgan fingerprint density at radius 3 is 2.21 bits per heavy atom. The number of aromatic hydroxyl groups is 1. The molecule has 3 heteroatoms. The van der Waals surface area contributed by atoms with Gasteiger partial charge in [0.15, 0.2) is 0 Å². The molecule has 1 amide bonds. The average molecular weight is 388 g/mol. The van der Waals surface area contributed by atoms with Crippen molar-refractivity contribution in [2.24, 2.45) is 0 Å². The minimum absolute atomic E-state index is 0.0140. The van der Waals surface area contributed by atoms with E-state index in [-0.39, 0.29) is 23.6 Å². The van der Waals surface area contributed by atoms with Crippen molar-refractivity contribution in [1.82, 2.24) is 5.32 Å². The van der Waals surface area contributed by atoms with Crippen molar-refractivity contribution in [3.05, 3.63) is 101 Å². The molecule has 0 radical (unpaired) electrons. The van der Waals surface area contributed by atoms with Crippen LogP contribution in [-0.4, -0.2) is 17.1 Å². The highest BCUT2D eigenvalue weighted by molar-refractivity contribution is 5.78. The van der Waals surface area contributed by atoms with E-state index >= 15 is 0 Å². The van der Waals surface area contributed by atoms with Gasteiger partial charge in [0, 0.05) is 23.9 Å². The molecule has 3 aromatic carbocycles. The molecule has 0 spiro atoms. The molecular formula is C26H29NO2. The number of phenolic OH excluding ortho intramolecular Hbond substituents is 1. The number of nitrogens with one attached hydrogen (secondary N) is 1. The lowest BCUT2D eigenvalue weighted by molar-refractivity contribution is -0.121. The fraction of sp³-hybridized carbons (Fsp3) is 0.269. The smallest absolute Gasteiger partial charge is 0.221 e. The van der Waals surface area contributed by atoms with Gasteiger partial charge in [-0.1, -0.05) is 72.8 Å². The molecule has 0 saturated heterocycles. The second kappa shape index (κ2) is 9.42. The molecule has 2 atom stereocenters. The number of carbonyl (C=O) groups excluding carboxylic acids is 1. The van der Waals surface area contributed by atoms with Gasteiger partial charge in [-0.3, -0.25) is 4.79 Å². The number of carbonyl (C=O) groups is 1. The van der Waals surface area contributed by atoms with Crippen LogP contribution in [0.5, 0.6) is 5.75 Å². The van der Waals surface area contributed by atoms with Crippen LogP contribution in [0.15, 0.2) is 72.8 Å². The summed E-state index contributed by atoms with van der Waals surface area (Å²) in [6, 6.07) is 24.1. The Morgan fingerprint density at radius 2 is 1.55 bits per heavy atom. The van der Waals surface area contributed by atoms with Crippen LogP contribution < -0.4 is 5.32 Å². The molecule has 0 bridgehead atoms. The van der Waals surface area contributed by atoms with E-state index in [1.165, 1.54) is 5.56 Å². The first kappa shape index (κ1) is 20.7. The lowest BCUT2D eigenvalue weighted by atomic mass is 9.86. The van der Waals surface area contributed by atoms with Gasteiger partial charge in [0.05, 0.1) is 0 Å². The highest BCUT2D eigenvalue weighted by Crippen LogP contribution is 2.36. The van der Waals surface area contributed by atoms with E-state index < -0.39 is 0 Å². The quantitative estimate of drug-likeness (QED) is 0.579. The maximum Gasteiger partial charge on any atom is 0.221 e. The Bertz CT molecular complexity index is 951. The van der Waals surface area contributed by atoms with Gasteiger partial charge >= 0.3 is 0 Å². The van der Waals surface area contributed by atoms with Gasteiger partial charge in [-0.25, -0.2) is 0 Å². The van der Waals surface area contributed by atoms with Crippen molar-refractivity contribution in [1.29, 1.82) is 0 Å². The molecule has 29 heavy (non-hydrogen) atoms. The van der Waals surface area contributed by atoms with E-state index in [1.807, 2.05) is 81.4 Å². The van der Waals surface area contributed by atoms with Crippen molar-refractivity contribution in [2.75, 3.05) is 0 Å². The van der Waals surface area contributed by atoms with E-state index in [9.17, 15) is 9.90 Å². The second-order valence-electron chi connectivity index (χ2n) is 7.77. The molecule has 3 aromatic rings. The first-order chi connectivity index (χ1) is 14.0. The molecule has 0 aliphatic rings. The minimum Gasteiger partial charge on any atom is -0.507 e. The normalized spacial score (nSPS) is 12.9. The summed E-state index contributed by atoms with van der Waals surface area (Å²) < 4.78 is 0. The molecule has 0 aromatic heterocycles. The summed E-state index contributed by atoms with van der Waals surface area (Å²) in [6.45, 7) is 5.92. The number of rotatable bonds is 7. The van der Waals surface area contributed by atoms with Crippen LogP contribution in [0.4, 0.5) is 0 Å². The molecule has 0 aliphatic carbocycles. The zero-order valence-electron chi connectivity index (χ0n) is 17.4. The van der Waals surface area contributed by atoms with E-state index in [4.69, 9.17) is 0 Å². The molecule has 0 heterocycles. The second-order valence-corrected chi connectivity index (χ2v) is 7.77. The van der Waals surface area contributed by atoms with E-state index in [0.717, 1.165) is 28.7 Å². The lowest BCUT2D eigenvalue weighted by Gasteiger charge is -2.22. The van der Waals surface area contributed by atoms with Crippen molar-refractivity contribution < 1.29 is 9.90 Å². The standard InChI is InChI=1S/C26H29NO2/c1-18-14-15-23(26(29)20(18)3)24(22-12-8-5-9-13-22)17-25(28)27-19(2)16-21-10-6-4-7-11-21/h4-15,19,24,29H,16-17H2,1-3H3,(H,27,28)/t19-,24+/m0/s1. The number of aryl methyl sites for hydroxylation is 1. The highest BCUT2D eigenvalue weighted by Gasteiger charge is 2.23. The zero-order valence-corrected chi connectivity index (χ0v) is 17.4. The number of amides is 1. The highest BCUT2D eigenvalue weighted by atomic mass is 16.3. The summed E-state index contributed by atoms with van der Waals surface area (Å²) in [6.07, 6.45) is 1.08. The molecular weight excluding hydrogens is 358 g/mol. The van der Waals surface area contributed by atoms with Gasteiger partial charge in [-0.05, 0) is 49.4 Å². The Balaban J connectivity index is 1.79. The molecule has 0 saturated carbocycles. The SMILES string of the molecule is Cc1ccc([C@H](CC(=O)N[C@@H](C)Cc2ccccc2)c2ccccc2)c(O)c1C. The lowest BCUT2D eigenvalue weighted by Crippen LogP contribution is -2.35. The van der Waals surface area contributed by atoms with Crippen LogP contribution in [0.25, 0.3) is 0 Å². The molecule has 0 fully saturated rings. The van der Waals surface area contributed by atoms with E-state index in [1.54, 1.807) is 0 Å². The number of phenols is 1. The fourth-order valence-corrected chi connectivity index (χ4v) is 3.73. The third-order valence-electron chi connectivity index (χ3n) is 5.49. The molecule has 0 aliphatic heterocycles. The average Bonchev–Trinajstić information content (AvgIpc) is 2.72. The number of hydrogen-bond donors (Lipinski definition) is 2. The summed E-state index contributed by atoms with van der Waals surface area (Å²) in [7, 11) is 0. The van der Waals surface area contributed by atoms with E-state index in [0.29, 0.717) is 6.42 Å². The Kier molecular flexibility index (Phi) is 6.71. The molecule has 3 rings (SSSR count). The monoisotopic (exact) mass is 387 g/mol. The first-order valence-electron chi connectivity index (χ1n) is 10.1. The summed E-state index contributed by atoms with van der Waals surface area (Å²) in [5.41, 5.74) is 4.93. The predicted molar refractivity (Wildman–Crippen MR) is 118 cm³/mol. The van der Waals surface area contributed by atoms with Crippen LogP contribution in [0, 0.1) is 13.8 Å². The van der Waals surface area contributed by atoms with Gasteiger partial charge in [0.2, 0.25) is 5.91 Å². The Labute approximate surface area is 173 Å². The van der Waals surface area contributed by atoms with Crippen LogP contribution in [0.2, 0.25) is 0 Å². The molecule has 150 valence electrons. The maximum atomic E-state index is 12.9. The van der Waals surface area contributed by atoms with E-state index in [2.05, 4.69) is 17.4 Å². The number of hydrogen-bond acceptors (Lipinski definition) is 2.